The van der Waals surface area contributed by atoms with Crippen molar-refractivity contribution < 1.29 is 8.78 Å². The lowest BCUT2D eigenvalue weighted by Gasteiger charge is -2.34. The highest BCUT2D eigenvalue weighted by Gasteiger charge is 2.40. The van der Waals surface area contributed by atoms with Gasteiger partial charge in [0.15, 0.2) is 0 Å². The molecule has 3 atom stereocenters. The van der Waals surface area contributed by atoms with Crippen LogP contribution in [0.2, 0.25) is 0 Å². The Kier molecular flexibility index (Phi) is 4.21. The fourth-order valence-electron chi connectivity index (χ4n) is 2.74. The smallest absolute Gasteiger partial charge is 0.248 e. The van der Waals surface area contributed by atoms with Gasteiger partial charge in [-0.3, -0.25) is 4.98 Å². The van der Waals surface area contributed by atoms with Crippen molar-refractivity contribution in [2.75, 3.05) is 0 Å². The third kappa shape index (κ3) is 3.19. The van der Waals surface area contributed by atoms with Crippen LogP contribution < -0.4 is 0 Å². The Hall–Kier alpha value is -0.700. The van der Waals surface area contributed by atoms with Crippen molar-refractivity contribution in [2.45, 2.75) is 49.8 Å². The van der Waals surface area contributed by atoms with E-state index in [2.05, 4.69) is 4.98 Å². The maximum absolute atomic E-state index is 13.4. The second kappa shape index (κ2) is 5.52. The van der Waals surface area contributed by atoms with Gasteiger partial charge >= 0.3 is 0 Å². The Morgan fingerprint density at radius 3 is 2.67 bits per heavy atom. The van der Waals surface area contributed by atoms with Gasteiger partial charge in [0.2, 0.25) is 5.92 Å². The predicted molar refractivity (Wildman–Crippen MR) is 69.2 cm³/mol. The summed E-state index contributed by atoms with van der Waals surface area (Å²) in [5, 5.41) is -0.237. The zero-order valence-corrected chi connectivity index (χ0v) is 11.2. The maximum Gasteiger partial charge on any atom is 0.248 e. The number of pyridine rings is 1. The van der Waals surface area contributed by atoms with Crippen molar-refractivity contribution >= 4 is 11.6 Å². The van der Waals surface area contributed by atoms with Crippen LogP contribution in [0, 0.1) is 5.92 Å². The molecule has 0 aliphatic heterocycles. The molecule has 100 valence electrons. The largest absolute Gasteiger partial charge is 0.265 e. The van der Waals surface area contributed by atoms with Crippen LogP contribution in [0.3, 0.4) is 0 Å². The van der Waals surface area contributed by atoms with Gasteiger partial charge in [0.25, 0.3) is 0 Å². The molecule has 18 heavy (non-hydrogen) atoms. The minimum Gasteiger partial charge on any atom is -0.265 e. The average molecular weight is 274 g/mol. The number of aromatic nitrogens is 1. The standard InChI is InChI=1S/C14H18ClF2N/c1-10(11-4-7-18-8-5-11)13(15)12-3-2-6-14(16,17)9-12/h4-5,7-8,10,12-13H,2-3,6,9H2,1H3. The molecule has 2 rings (SSSR count). The lowest BCUT2D eigenvalue weighted by molar-refractivity contribution is -0.0535. The topological polar surface area (TPSA) is 12.9 Å². The average Bonchev–Trinajstić information content (AvgIpc) is 2.37. The van der Waals surface area contributed by atoms with Gasteiger partial charge in [-0.05, 0) is 42.4 Å². The van der Waals surface area contributed by atoms with E-state index in [0.29, 0.717) is 6.42 Å². The summed E-state index contributed by atoms with van der Waals surface area (Å²) in [7, 11) is 0. The van der Waals surface area contributed by atoms with E-state index >= 15 is 0 Å². The Morgan fingerprint density at radius 2 is 2.06 bits per heavy atom. The molecule has 3 unspecified atom stereocenters. The SMILES string of the molecule is CC(c1ccncc1)C(Cl)C1CCCC(F)(F)C1. The quantitative estimate of drug-likeness (QED) is 0.733. The van der Waals surface area contributed by atoms with Gasteiger partial charge in [-0.15, -0.1) is 11.6 Å². The van der Waals surface area contributed by atoms with Gasteiger partial charge in [0.05, 0.1) is 0 Å². The minimum absolute atomic E-state index is 0.0107. The summed E-state index contributed by atoms with van der Waals surface area (Å²) in [4.78, 5) is 3.96. The van der Waals surface area contributed by atoms with E-state index in [-0.39, 0.29) is 30.1 Å². The van der Waals surface area contributed by atoms with E-state index in [4.69, 9.17) is 11.6 Å². The van der Waals surface area contributed by atoms with E-state index in [0.717, 1.165) is 12.0 Å². The second-order valence-corrected chi connectivity index (χ2v) is 5.73. The van der Waals surface area contributed by atoms with E-state index < -0.39 is 5.92 Å². The van der Waals surface area contributed by atoms with Crippen LogP contribution in [0.5, 0.6) is 0 Å². The summed E-state index contributed by atoms with van der Waals surface area (Å²) >= 11 is 6.42. The molecule has 0 amide bonds. The van der Waals surface area contributed by atoms with Crippen molar-refractivity contribution in [2.24, 2.45) is 5.92 Å². The van der Waals surface area contributed by atoms with Crippen LogP contribution in [-0.2, 0) is 0 Å². The molecule has 1 fully saturated rings. The Balaban J connectivity index is 2.05. The summed E-state index contributed by atoms with van der Waals surface area (Å²) in [6.07, 6.45) is 4.74. The normalized spacial score (nSPS) is 26.6. The summed E-state index contributed by atoms with van der Waals surface area (Å²) in [6, 6.07) is 3.81. The highest BCUT2D eigenvalue weighted by atomic mass is 35.5. The summed E-state index contributed by atoms with van der Waals surface area (Å²) < 4.78 is 26.8. The predicted octanol–water partition coefficient (Wildman–Crippen LogP) is 4.62. The van der Waals surface area contributed by atoms with Crippen molar-refractivity contribution in [3.8, 4) is 0 Å². The zero-order chi connectivity index (χ0) is 13.2. The highest BCUT2D eigenvalue weighted by Crippen LogP contribution is 2.42. The number of rotatable bonds is 3. The first-order valence-corrected chi connectivity index (χ1v) is 6.85. The van der Waals surface area contributed by atoms with Crippen LogP contribution in [0.4, 0.5) is 8.78 Å². The zero-order valence-electron chi connectivity index (χ0n) is 10.5. The molecular formula is C14H18ClF2N. The van der Waals surface area contributed by atoms with E-state index in [1.165, 1.54) is 0 Å². The first-order valence-electron chi connectivity index (χ1n) is 6.41. The molecule has 1 aliphatic rings. The van der Waals surface area contributed by atoms with E-state index in [1.54, 1.807) is 12.4 Å². The molecule has 1 saturated carbocycles. The Labute approximate surface area is 112 Å². The van der Waals surface area contributed by atoms with E-state index in [1.807, 2.05) is 19.1 Å². The highest BCUT2D eigenvalue weighted by molar-refractivity contribution is 6.21. The summed E-state index contributed by atoms with van der Waals surface area (Å²) in [6.45, 7) is 2.00. The monoisotopic (exact) mass is 273 g/mol. The van der Waals surface area contributed by atoms with Crippen LogP contribution in [0.1, 0.15) is 44.1 Å². The molecule has 0 N–H and O–H groups in total. The van der Waals surface area contributed by atoms with E-state index in [9.17, 15) is 8.78 Å². The van der Waals surface area contributed by atoms with Gasteiger partial charge in [-0.2, -0.15) is 0 Å². The van der Waals surface area contributed by atoms with Crippen LogP contribution in [0.15, 0.2) is 24.5 Å². The van der Waals surface area contributed by atoms with Crippen molar-refractivity contribution in [3.05, 3.63) is 30.1 Å². The van der Waals surface area contributed by atoms with Crippen LogP contribution in [-0.4, -0.2) is 16.3 Å². The van der Waals surface area contributed by atoms with Gasteiger partial charge in [0.1, 0.15) is 0 Å². The second-order valence-electron chi connectivity index (χ2n) is 5.23. The summed E-state index contributed by atoms with van der Waals surface area (Å²) in [5.74, 6) is -2.55. The first-order chi connectivity index (χ1) is 8.49. The van der Waals surface area contributed by atoms with Crippen LogP contribution in [0.25, 0.3) is 0 Å². The lowest BCUT2D eigenvalue weighted by Crippen LogP contribution is -2.32. The Morgan fingerprint density at radius 1 is 1.39 bits per heavy atom. The van der Waals surface area contributed by atoms with Gasteiger partial charge in [-0.1, -0.05) is 6.92 Å². The molecule has 4 heteroatoms. The van der Waals surface area contributed by atoms with Gasteiger partial charge in [0, 0.05) is 30.6 Å². The molecule has 0 radical (unpaired) electrons. The third-order valence-electron chi connectivity index (χ3n) is 3.84. The molecule has 0 bridgehead atoms. The van der Waals surface area contributed by atoms with Crippen molar-refractivity contribution in [3.63, 3.8) is 0 Å². The molecule has 0 saturated heterocycles. The lowest BCUT2D eigenvalue weighted by atomic mass is 9.79. The third-order valence-corrected chi connectivity index (χ3v) is 4.57. The number of halogens is 3. The number of hydrogen-bond donors (Lipinski definition) is 0. The van der Waals surface area contributed by atoms with Crippen LogP contribution >= 0.6 is 11.6 Å². The molecule has 1 heterocycles. The fourth-order valence-corrected chi connectivity index (χ4v) is 3.10. The molecule has 1 aromatic heterocycles. The van der Waals surface area contributed by atoms with Crippen molar-refractivity contribution in [1.29, 1.82) is 0 Å². The number of nitrogens with zero attached hydrogens (tertiary/aromatic N) is 1. The maximum atomic E-state index is 13.4. The molecule has 1 aromatic rings. The Bertz CT molecular complexity index is 383. The fraction of sp³-hybridized carbons (Fsp3) is 0.643. The minimum atomic E-state index is -2.53. The van der Waals surface area contributed by atoms with Gasteiger partial charge in [-0.25, -0.2) is 8.78 Å². The molecule has 1 nitrogen and oxygen atoms in total. The summed E-state index contributed by atoms with van der Waals surface area (Å²) in [5.41, 5.74) is 1.07. The van der Waals surface area contributed by atoms with Crippen molar-refractivity contribution in [1.82, 2.24) is 4.98 Å². The number of hydrogen-bond acceptors (Lipinski definition) is 1. The number of alkyl halides is 3. The molecule has 0 aromatic carbocycles. The molecule has 0 spiro atoms. The van der Waals surface area contributed by atoms with Gasteiger partial charge < -0.3 is 0 Å². The first kappa shape index (κ1) is 13.7. The molecule has 1 aliphatic carbocycles. The molecular weight excluding hydrogens is 256 g/mol.